The maximum Gasteiger partial charge on any atom is 0.308 e. The molecule has 1 aromatic heterocycles. The molecular formula is C12H18N2O3. The summed E-state index contributed by atoms with van der Waals surface area (Å²) in [6.07, 6.45) is 0.704. The fourth-order valence-corrected chi connectivity index (χ4v) is 2.34. The highest BCUT2D eigenvalue weighted by molar-refractivity contribution is 5.71. The summed E-state index contributed by atoms with van der Waals surface area (Å²) in [5.41, 5.74) is 0.904. The van der Waals surface area contributed by atoms with Crippen molar-refractivity contribution in [1.29, 1.82) is 0 Å². The van der Waals surface area contributed by atoms with Gasteiger partial charge < -0.3 is 9.52 Å². The van der Waals surface area contributed by atoms with Gasteiger partial charge in [0, 0.05) is 6.04 Å². The highest BCUT2D eigenvalue weighted by Crippen LogP contribution is 2.26. The minimum Gasteiger partial charge on any atom is -0.481 e. The van der Waals surface area contributed by atoms with Crippen LogP contribution in [0, 0.1) is 19.8 Å². The molecule has 1 saturated heterocycles. The minimum atomic E-state index is -0.709. The summed E-state index contributed by atoms with van der Waals surface area (Å²) in [6, 6.07) is 0.0417. The first-order valence-corrected chi connectivity index (χ1v) is 5.89. The van der Waals surface area contributed by atoms with Gasteiger partial charge in [-0.2, -0.15) is 0 Å². The number of rotatable bonds is 3. The zero-order valence-electron chi connectivity index (χ0n) is 10.4. The van der Waals surface area contributed by atoms with E-state index in [9.17, 15) is 4.79 Å². The number of carboxylic acids is 1. The van der Waals surface area contributed by atoms with Crippen LogP contribution in [0.5, 0.6) is 0 Å². The first-order valence-electron chi connectivity index (χ1n) is 5.89. The summed E-state index contributed by atoms with van der Waals surface area (Å²) < 4.78 is 5.52. The van der Waals surface area contributed by atoms with Gasteiger partial charge in [-0.05, 0) is 33.7 Å². The second-order valence-corrected chi connectivity index (χ2v) is 4.69. The Balaban J connectivity index is 2.03. The van der Waals surface area contributed by atoms with Crippen LogP contribution in [0.1, 0.15) is 30.7 Å². The highest BCUT2D eigenvalue weighted by Gasteiger charge is 2.36. The molecule has 5 nitrogen and oxygen atoms in total. The number of carbonyl (C=O) groups is 1. The number of nitrogens with zero attached hydrogens (tertiary/aromatic N) is 2. The molecule has 2 heterocycles. The van der Waals surface area contributed by atoms with E-state index in [1.807, 2.05) is 20.8 Å². The molecule has 94 valence electrons. The molecule has 2 atom stereocenters. The minimum absolute atomic E-state index is 0.0417. The van der Waals surface area contributed by atoms with Crippen molar-refractivity contribution in [2.45, 2.75) is 39.8 Å². The molecule has 0 radical (unpaired) electrons. The summed E-state index contributed by atoms with van der Waals surface area (Å²) in [5.74, 6) is 0.534. The van der Waals surface area contributed by atoms with Gasteiger partial charge in [0.05, 0.1) is 18.2 Å². The Bertz CT molecular complexity index is 408. The van der Waals surface area contributed by atoms with E-state index in [0.717, 1.165) is 18.0 Å². The molecule has 1 aromatic rings. The second-order valence-electron chi connectivity index (χ2n) is 4.69. The average molecular weight is 238 g/mol. The van der Waals surface area contributed by atoms with Crippen LogP contribution in [0.2, 0.25) is 0 Å². The van der Waals surface area contributed by atoms with Gasteiger partial charge in [-0.3, -0.25) is 9.69 Å². The summed E-state index contributed by atoms with van der Waals surface area (Å²) in [6.45, 7) is 7.14. The van der Waals surface area contributed by atoms with Gasteiger partial charge in [-0.15, -0.1) is 0 Å². The zero-order valence-corrected chi connectivity index (χ0v) is 10.4. The smallest absolute Gasteiger partial charge is 0.308 e. The number of carboxylic acid groups (broad SMARTS) is 1. The van der Waals surface area contributed by atoms with Crippen LogP contribution in [0.15, 0.2) is 4.42 Å². The highest BCUT2D eigenvalue weighted by atomic mass is 16.4. The third-order valence-electron chi connectivity index (χ3n) is 3.61. The van der Waals surface area contributed by atoms with Crippen molar-refractivity contribution in [3.63, 3.8) is 0 Å². The first kappa shape index (κ1) is 12.1. The largest absolute Gasteiger partial charge is 0.481 e. The van der Waals surface area contributed by atoms with Gasteiger partial charge >= 0.3 is 5.97 Å². The van der Waals surface area contributed by atoms with E-state index >= 15 is 0 Å². The number of aliphatic carboxylic acids is 1. The lowest BCUT2D eigenvalue weighted by molar-refractivity contribution is -0.142. The van der Waals surface area contributed by atoms with E-state index in [2.05, 4.69) is 9.88 Å². The number of hydrogen-bond donors (Lipinski definition) is 1. The van der Waals surface area contributed by atoms with Crippen molar-refractivity contribution >= 4 is 5.97 Å². The van der Waals surface area contributed by atoms with E-state index in [1.54, 1.807) is 0 Å². The normalized spacial score (nSPS) is 25.4. The van der Waals surface area contributed by atoms with Crippen LogP contribution in [0.4, 0.5) is 0 Å². The average Bonchev–Trinajstić information content (AvgIpc) is 2.74. The molecule has 1 aliphatic rings. The first-order chi connectivity index (χ1) is 7.99. The fourth-order valence-electron chi connectivity index (χ4n) is 2.34. The van der Waals surface area contributed by atoms with Crippen molar-refractivity contribution in [3.05, 3.63) is 17.3 Å². The summed E-state index contributed by atoms with van der Waals surface area (Å²) in [4.78, 5) is 17.4. The van der Waals surface area contributed by atoms with Crippen molar-refractivity contribution in [1.82, 2.24) is 9.88 Å². The topological polar surface area (TPSA) is 66.6 Å². The maximum absolute atomic E-state index is 11.0. The van der Waals surface area contributed by atoms with Crippen molar-refractivity contribution in [2.24, 2.45) is 5.92 Å². The Labute approximate surface area is 100 Å². The molecule has 17 heavy (non-hydrogen) atoms. The van der Waals surface area contributed by atoms with Gasteiger partial charge in [-0.1, -0.05) is 0 Å². The van der Waals surface area contributed by atoms with E-state index in [1.165, 1.54) is 0 Å². The third-order valence-corrected chi connectivity index (χ3v) is 3.61. The molecular weight excluding hydrogens is 220 g/mol. The molecule has 2 unspecified atom stereocenters. The summed E-state index contributed by atoms with van der Waals surface area (Å²) in [7, 11) is 0. The Morgan fingerprint density at radius 1 is 1.59 bits per heavy atom. The van der Waals surface area contributed by atoms with Crippen molar-refractivity contribution < 1.29 is 14.3 Å². The molecule has 5 heteroatoms. The van der Waals surface area contributed by atoms with Gasteiger partial charge in [0.1, 0.15) is 5.76 Å². The van der Waals surface area contributed by atoms with Gasteiger partial charge in [0.2, 0.25) is 5.89 Å². The summed E-state index contributed by atoms with van der Waals surface area (Å²) >= 11 is 0. The lowest BCUT2D eigenvalue weighted by Gasteiger charge is -2.21. The van der Waals surface area contributed by atoms with Gasteiger partial charge in [0.15, 0.2) is 0 Å². The lowest BCUT2D eigenvalue weighted by Crippen LogP contribution is -2.32. The van der Waals surface area contributed by atoms with Crippen molar-refractivity contribution in [2.75, 3.05) is 6.54 Å². The molecule has 1 aliphatic heterocycles. The molecule has 1 N–H and O–H groups in total. The molecule has 0 aromatic carbocycles. The molecule has 2 rings (SSSR count). The Morgan fingerprint density at radius 2 is 2.29 bits per heavy atom. The zero-order chi connectivity index (χ0) is 12.6. The molecule has 0 spiro atoms. The van der Waals surface area contributed by atoms with E-state index in [4.69, 9.17) is 9.52 Å². The lowest BCUT2D eigenvalue weighted by atomic mass is 10.0. The predicted octanol–water partition coefficient (Wildman–Crippen LogP) is 1.59. The monoisotopic (exact) mass is 238 g/mol. The molecule has 0 bridgehead atoms. The van der Waals surface area contributed by atoms with E-state index in [-0.39, 0.29) is 12.0 Å². The van der Waals surface area contributed by atoms with E-state index < -0.39 is 5.97 Å². The summed E-state index contributed by atoms with van der Waals surface area (Å²) in [5, 5.41) is 9.05. The number of hydrogen-bond acceptors (Lipinski definition) is 4. The number of likely N-dealkylation sites (tertiary alicyclic amines) is 1. The number of oxazole rings is 1. The molecule has 0 aliphatic carbocycles. The number of aryl methyl sites for hydroxylation is 2. The van der Waals surface area contributed by atoms with Crippen LogP contribution < -0.4 is 0 Å². The Hall–Kier alpha value is -1.36. The van der Waals surface area contributed by atoms with E-state index in [0.29, 0.717) is 18.9 Å². The Morgan fingerprint density at radius 3 is 2.76 bits per heavy atom. The van der Waals surface area contributed by atoms with Crippen LogP contribution >= 0.6 is 0 Å². The Kier molecular flexibility index (Phi) is 3.19. The molecule has 0 amide bonds. The standard InChI is InChI=1S/C12H18N2O3/c1-7-9(3)17-11(13-7)6-14-5-4-10(8(14)2)12(15)16/h8,10H,4-6H2,1-3H3,(H,15,16). The quantitative estimate of drug-likeness (QED) is 0.866. The van der Waals surface area contributed by atoms with Crippen LogP contribution in [0.25, 0.3) is 0 Å². The third kappa shape index (κ3) is 2.34. The van der Waals surface area contributed by atoms with Gasteiger partial charge in [-0.25, -0.2) is 4.98 Å². The number of aromatic nitrogens is 1. The fraction of sp³-hybridized carbons (Fsp3) is 0.667. The molecule has 0 saturated carbocycles. The second kappa shape index (κ2) is 4.49. The molecule has 1 fully saturated rings. The maximum atomic E-state index is 11.0. The predicted molar refractivity (Wildman–Crippen MR) is 61.6 cm³/mol. The van der Waals surface area contributed by atoms with Crippen molar-refractivity contribution in [3.8, 4) is 0 Å². The van der Waals surface area contributed by atoms with Gasteiger partial charge in [0.25, 0.3) is 0 Å². The van der Waals surface area contributed by atoms with Crippen LogP contribution in [-0.4, -0.2) is 33.5 Å². The van der Waals surface area contributed by atoms with Crippen LogP contribution in [-0.2, 0) is 11.3 Å². The SMILES string of the molecule is Cc1nc(CN2CCC(C(=O)O)C2C)oc1C. The van der Waals surface area contributed by atoms with Crippen LogP contribution in [0.3, 0.4) is 0 Å².